The van der Waals surface area contributed by atoms with Gasteiger partial charge in [-0.1, -0.05) is 48.5 Å². The number of nitrogens with zero attached hydrogens (tertiary/aromatic N) is 1. The maximum Gasteiger partial charge on any atom is 0.325 e. The number of hydrogen-bond donors (Lipinski definition) is 1. The lowest BCUT2D eigenvalue weighted by molar-refractivity contribution is -0.131. The van der Waals surface area contributed by atoms with Gasteiger partial charge >= 0.3 is 6.03 Å². The predicted octanol–water partition coefficient (Wildman–Crippen LogP) is 3.95. The van der Waals surface area contributed by atoms with Crippen LogP contribution in [0.4, 0.5) is 9.18 Å². The number of imide groups is 1. The van der Waals surface area contributed by atoms with Crippen LogP contribution in [-0.4, -0.2) is 23.9 Å². The quantitative estimate of drug-likeness (QED) is 0.700. The Morgan fingerprint density at radius 1 is 1.07 bits per heavy atom. The molecule has 28 heavy (non-hydrogen) atoms. The Kier molecular flexibility index (Phi) is 4.26. The molecular formula is C22H19FN2O3. The minimum atomic E-state index is -1.19. The van der Waals surface area contributed by atoms with Gasteiger partial charge in [-0.2, -0.15) is 0 Å². The van der Waals surface area contributed by atoms with Crippen molar-refractivity contribution in [1.29, 1.82) is 0 Å². The zero-order valence-electron chi connectivity index (χ0n) is 15.5. The van der Waals surface area contributed by atoms with Crippen molar-refractivity contribution in [2.24, 2.45) is 0 Å². The molecule has 1 N–H and O–H groups in total. The lowest BCUT2D eigenvalue weighted by Crippen LogP contribution is -2.41. The zero-order valence-corrected chi connectivity index (χ0v) is 15.5. The van der Waals surface area contributed by atoms with Gasteiger partial charge in [0, 0.05) is 0 Å². The van der Waals surface area contributed by atoms with Crippen molar-refractivity contribution in [3.63, 3.8) is 0 Å². The third-order valence-corrected chi connectivity index (χ3v) is 5.16. The number of halogens is 1. The van der Waals surface area contributed by atoms with E-state index in [9.17, 15) is 14.0 Å². The largest absolute Gasteiger partial charge is 0.494 e. The molecule has 0 spiro atoms. The molecule has 3 amide bonds. The molecule has 0 aliphatic carbocycles. The highest BCUT2D eigenvalue weighted by atomic mass is 19.1. The standard InChI is InChI=1S/C22H19FN2O3/c1-22(17-9-5-7-15-6-3-4-8-16(15)17)20(26)25(21(27)24-22)13-14-10-11-19(28-2)18(23)12-14/h3-12H,13H2,1-2H3,(H,24,27). The smallest absolute Gasteiger partial charge is 0.325 e. The van der Waals surface area contributed by atoms with Crippen LogP contribution in [0.25, 0.3) is 10.8 Å². The summed E-state index contributed by atoms with van der Waals surface area (Å²) in [6, 6.07) is 17.3. The van der Waals surface area contributed by atoms with Gasteiger partial charge in [0.2, 0.25) is 0 Å². The van der Waals surface area contributed by atoms with E-state index in [2.05, 4.69) is 5.32 Å². The number of hydrogen-bond acceptors (Lipinski definition) is 3. The predicted molar refractivity (Wildman–Crippen MR) is 103 cm³/mol. The number of methoxy groups -OCH3 is 1. The molecule has 4 rings (SSSR count). The number of carbonyl (C=O) groups excluding carboxylic acids is 2. The molecular weight excluding hydrogens is 359 g/mol. The van der Waals surface area contributed by atoms with Crippen LogP contribution in [0, 0.1) is 5.82 Å². The Hall–Kier alpha value is -3.41. The summed E-state index contributed by atoms with van der Waals surface area (Å²) in [6.07, 6.45) is 0. The van der Waals surface area contributed by atoms with Crippen LogP contribution in [-0.2, 0) is 16.9 Å². The molecule has 1 fully saturated rings. The van der Waals surface area contributed by atoms with Crippen molar-refractivity contribution in [1.82, 2.24) is 10.2 Å². The van der Waals surface area contributed by atoms with E-state index < -0.39 is 17.4 Å². The number of urea groups is 1. The Labute approximate surface area is 161 Å². The van der Waals surface area contributed by atoms with Crippen LogP contribution in [0.1, 0.15) is 18.1 Å². The third kappa shape index (κ3) is 2.78. The summed E-state index contributed by atoms with van der Waals surface area (Å²) >= 11 is 0. The molecule has 1 unspecified atom stereocenters. The second kappa shape index (κ2) is 6.64. The number of carbonyl (C=O) groups is 2. The highest BCUT2D eigenvalue weighted by Gasteiger charge is 2.49. The summed E-state index contributed by atoms with van der Waals surface area (Å²) in [5, 5.41) is 4.70. The van der Waals surface area contributed by atoms with E-state index in [1.807, 2.05) is 42.5 Å². The number of ether oxygens (including phenoxy) is 1. The van der Waals surface area contributed by atoms with Gasteiger partial charge in [-0.15, -0.1) is 0 Å². The van der Waals surface area contributed by atoms with E-state index in [1.165, 1.54) is 19.2 Å². The first-order chi connectivity index (χ1) is 13.4. The van der Waals surface area contributed by atoms with Gasteiger partial charge in [0.1, 0.15) is 5.54 Å². The maximum atomic E-state index is 14.0. The number of rotatable bonds is 4. The van der Waals surface area contributed by atoms with Gasteiger partial charge in [0.15, 0.2) is 11.6 Å². The first-order valence-corrected chi connectivity index (χ1v) is 8.89. The second-order valence-corrected chi connectivity index (χ2v) is 6.94. The average molecular weight is 378 g/mol. The normalized spacial score (nSPS) is 19.2. The first-order valence-electron chi connectivity index (χ1n) is 8.89. The molecule has 142 valence electrons. The fraction of sp³-hybridized carbons (Fsp3) is 0.182. The summed E-state index contributed by atoms with van der Waals surface area (Å²) in [4.78, 5) is 26.9. The van der Waals surface area contributed by atoms with Crippen molar-refractivity contribution >= 4 is 22.7 Å². The van der Waals surface area contributed by atoms with Gasteiger partial charge in [-0.05, 0) is 41.0 Å². The number of nitrogens with one attached hydrogen (secondary N) is 1. The number of benzene rings is 3. The molecule has 1 heterocycles. The molecule has 1 saturated heterocycles. The Bertz CT molecular complexity index is 1090. The van der Waals surface area contributed by atoms with Crippen molar-refractivity contribution in [2.75, 3.05) is 7.11 Å². The Morgan fingerprint density at radius 3 is 2.57 bits per heavy atom. The van der Waals surface area contributed by atoms with E-state index in [0.29, 0.717) is 5.56 Å². The van der Waals surface area contributed by atoms with Crippen molar-refractivity contribution < 1.29 is 18.7 Å². The second-order valence-electron chi connectivity index (χ2n) is 6.94. The molecule has 0 bridgehead atoms. The Morgan fingerprint density at radius 2 is 1.82 bits per heavy atom. The monoisotopic (exact) mass is 378 g/mol. The van der Waals surface area contributed by atoms with E-state index in [1.54, 1.807) is 13.0 Å². The van der Waals surface area contributed by atoms with E-state index >= 15 is 0 Å². The van der Waals surface area contributed by atoms with Gasteiger partial charge in [0.25, 0.3) is 5.91 Å². The van der Waals surface area contributed by atoms with Crippen LogP contribution in [0.3, 0.4) is 0 Å². The summed E-state index contributed by atoms with van der Waals surface area (Å²) in [7, 11) is 1.38. The summed E-state index contributed by atoms with van der Waals surface area (Å²) in [5.74, 6) is -0.796. The summed E-state index contributed by atoms with van der Waals surface area (Å²) in [5.41, 5.74) is 0.0412. The van der Waals surface area contributed by atoms with Crippen LogP contribution in [0.15, 0.2) is 60.7 Å². The fourth-order valence-corrected chi connectivity index (χ4v) is 3.68. The van der Waals surface area contributed by atoms with E-state index in [4.69, 9.17) is 4.74 Å². The highest BCUT2D eigenvalue weighted by molar-refractivity contribution is 6.09. The molecule has 1 atom stereocenters. The lowest BCUT2D eigenvalue weighted by Gasteiger charge is -2.24. The first kappa shape index (κ1) is 18.0. The van der Waals surface area contributed by atoms with E-state index in [-0.39, 0.29) is 18.2 Å². The SMILES string of the molecule is COc1ccc(CN2C(=O)NC(C)(c3cccc4ccccc34)C2=O)cc1F. The molecule has 3 aromatic carbocycles. The van der Waals surface area contributed by atoms with Crippen LogP contribution < -0.4 is 10.1 Å². The lowest BCUT2D eigenvalue weighted by atomic mass is 9.88. The average Bonchev–Trinajstić information content (AvgIpc) is 2.91. The number of amides is 3. The van der Waals surface area contributed by atoms with Gasteiger partial charge in [0.05, 0.1) is 13.7 Å². The fourth-order valence-electron chi connectivity index (χ4n) is 3.68. The third-order valence-electron chi connectivity index (χ3n) is 5.16. The zero-order chi connectivity index (χ0) is 19.9. The van der Waals surface area contributed by atoms with Gasteiger partial charge in [-0.3, -0.25) is 9.69 Å². The molecule has 6 heteroatoms. The molecule has 5 nitrogen and oxygen atoms in total. The molecule has 0 saturated carbocycles. The Balaban J connectivity index is 1.69. The van der Waals surface area contributed by atoms with Gasteiger partial charge < -0.3 is 10.1 Å². The van der Waals surface area contributed by atoms with Crippen molar-refractivity contribution in [3.8, 4) is 5.75 Å². The van der Waals surface area contributed by atoms with Crippen LogP contribution >= 0.6 is 0 Å². The van der Waals surface area contributed by atoms with Crippen molar-refractivity contribution in [2.45, 2.75) is 19.0 Å². The van der Waals surface area contributed by atoms with Crippen LogP contribution in [0.5, 0.6) is 5.75 Å². The van der Waals surface area contributed by atoms with Crippen LogP contribution in [0.2, 0.25) is 0 Å². The molecule has 3 aromatic rings. The van der Waals surface area contributed by atoms with Crippen molar-refractivity contribution in [3.05, 3.63) is 77.6 Å². The molecule has 0 aromatic heterocycles. The highest BCUT2D eigenvalue weighted by Crippen LogP contribution is 2.34. The molecule has 1 aliphatic rings. The van der Waals surface area contributed by atoms with Gasteiger partial charge in [-0.25, -0.2) is 9.18 Å². The minimum Gasteiger partial charge on any atom is -0.494 e. The summed E-state index contributed by atoms with van der Waals surface area (Å²) in [6.45, 7) is 1.68. The molecule has 0 radical (unpaired) electrons. The number of fused-ring (bicyclic) bond motifs is 1. The summed E-state index contributed by atoms with van der Waals surface area (Å²) < 4.78 is 18.9. The molecule has 1 aliphatic heterocycles. The van der Waals surface area contributed by atoms with E-state index in [0.717, 1.165) is 21.2 Å². The maximum absolute atomic E-state index is 14.0. The topological polar surface area (TPSA) is 58.6 Å². The minimum absolute atomic E-state index is 0.0219.